The lowest BCUT2D eigenvalue weighted by molar-refractivity contribution is -0.118. The summed E-state index contributed by atoms with van der Waals surface area (Å²) >= 11 is 6.40. The van der Waals surface area contributed by atoms with E-state index in [9.17, 15) is 10.1 Å². The molecule has 2 aliphatic rings. The molecule has 1 aliphatic heterocycles. The highest BCUT2D eigenvalue weighted by Crippen LogP contribution is 2.50. The molecule has 30 heavy (non-hydrogen) atoms. The van der Waals surface area contributed by atoms with Gasteiger partial charge in [0.05, 0.1) is 23.2 Å². The smallest absolute Gasteiger partial charge is 0.162 e. The van der Waals surface area contributed by atoms with E-state index in [4.69, 9.17) is 17.3 Å². The molecule has 1 aromatic carbocycles. The number of allylic oxidation sites excluding steroid dienone is 3. The van der Waals surface area contributed by atoms with Crippen molar-refractivity contribution in [3.05, 3.63) is 81.5 Å². The van der Waals surface area contributed by atoms with E-state index in [-0.39, 0.29) is 11.2 Å². The van der Waals surface area contributed by atoms with E-state index in [2.05, 4.69) is 24.9 Å². The highest BCUT2D eigenvalue weighted by molar-refractivity contribution is 6.31. The Bertz CT molecular complexity index is 1140. The van der Waals surface area contributed by atoms with Gasteiger partial charge in [0.2, 0.25) is 0 Å². The van der Waals surface area contributed by atoms with Crippen molar-refractivity contribution >= 4 is 23.1 Å². The molecule has 1 aliphatic carbocycles. The maximum atomic E-state index is 13.4. The molecule has 0 spiro atoms. The Hall–Kier alpha value is -3.10. The molecule has 2 heterocycles. The van der Waals surface area contributed by atoms with Gasteiger partial charge in [-0.2, -0.15) is 5.26 Å². The first kappa shape index (κ1) is 20.2. The van der Waals surface area contributed by atoms with E-state index < -0.39 is 5.92 Å². The van der Waals surface area contributed by atoms with Crippen LogP contribution in [-0.4, -0.2) is 10.8 Å². The predicted octanol–water partition coefficient (Wildman–Crippen LogP) is 4.98. The van der Waals surface area contributed by atoms with Gasteiger partial charge in [0.25, 0.3) is 0 Å². The number of hydrogen-bond donors (Lipinski definition) is 1. The average Bonchev–Trinajstić information content (AvgIpc) is 2.70. The lowest BCUT2D eigenvalue weighted by Gasteiger charge is -2.44. The van der Waals surface area contributed by atoms with E-state index in [1.54, 1.807) is 12.4 Å². The Kier molecular flexibility index (Phi) is 4.91. The summed E-state index contributed by atoms with van der Waals surface area (Å²) in [5, 5.41) is 10.7. The highest BCUT2D eigenvalue weighted by Gasteiger charge is 2.45. The molecule has 1 atom stereocenters. The van der Waals surface area contributed by atoms with Crippen molar-refractivity contribution in [3.8, 4) is 6.07 Å². The number of anilines is 1. The van der Waals surface area contributed by atoms with Crippen LogP contribution < -0.4 is 10.6 Å². The summed E-state index contributed by atoms with van der Waals surface area (Å²) in [5.41, 5.74) is 10.7. The number of carbonyl (C=O) groups excluding carboxylic acids is 1. The Labute approximate surface area is 181 Å². The minimum atomic E-state index is -0.516. The molecule has 2 N–H and O–H groups in total. The van der Waals surface area contributed by atoms with Crippen molar-refractivity contribution in [1.82, 2.24) is 4.98 Å². The number of Topliss-reactive ketones (excluding diaryl/α,β-unsaturated/α-hetero) is 1. The standard InChI is InChI=1S/C24H23ClN4O/c1-14-17(25)7-4-8-18(14)29-19-10-24(2,3)11-20(30)22(19)21(16(12-26)23(29)27)15-6-5-9-28-13-15/h4-9,13,21H,10-11,27H2,1-3H3/t21-/m1/s1. The molecule has 1 aromatic heterocycles. The second kappa shape index (κ2) is 7.30. The Morgan fingerprint density at radius 1 is 1.27 bits per heavy atom. The van der Waals surface area contributed by atoms with Crippen LogP contribution in [0.4, 0.5) is 5.69 Å². The van der Waals surface area contributed by atoms with Crippen LogP contribution in [0.1, 0.15) is 43.7 Å². The van der Waals surface area contributed by atoms with Gasteiger partial charge in [-0.15, -0.1) is 0 Å². The molecule has 0 amide bonds. The minimum absolute atomic E-state index is 0.0417. The molecule has 152 valence electrons. The second-order valence-corrected chi connectivity index (χ2v) is 9.06. The first-order chi connectivity index (χ1) is 14.2. The third-order valence-corrected chi connectivity index (χ3v) is 6.29. The molecule has 0 radical (unpaired) electrons. The number of nitrogens with zero attached hydrogens (tertiary/aromatic N) is 3. The fraction of sp³-hybridized carbons (Fsp3) is 0.292. The summed E-state index contributed by atoms with van der Waals surface area (Å²) in [6, 6.07) is 11.6. The Morgan fingerprint density at radius 3 is 2.70 bits per heavy atom. The van der Waals surface area contributed by atoms with E-state index >= 15 is 0 Å². The van der Waals surface area contributed by atoms with Crippen LogP contribution in [0.15, 0.2) is 65.4 Å². The van der Waals surface area contributed by atoms with Crippen molar-refractivity contribution in [3.63, 3.8) is 0 Å². The monoisotopic (exact) mass is 418 g/mol. The van der Waals surface area contributed by atoms with E-state index in [1.807, 2.05) is 42.2 Å². The van der Waals surface area contributed by atoms with Gasteiger partial charge in [-0.05, 0) is 48.1 Å². The molecule has 4 rings (SSSR count). The summed E-state index contributed by atoms with van der Waals surface area (Å²) < 4.78 is 0. The topological polar surface area (TPSA) is 83.0 Å². The van der Waals surface area contributed by atoms with Crippen LogP contribution in [0.25, 0.3) is 0 Å². The molecule has 0 unspecified atom stereocenters. The molecular weight excluding hydrogens is 396 g/mol. The van der Waals surface area contributed by atoms with Gasteiger partial charge in [-0.3, -0.25) is 14.7 Å². The SMILES string of the molecule is Cc1c(Cl)cccc1N1C(N)=C(C#N)[C@@H](c2cccnc2)C2=C1CC(C)(C)CC2=O. The van der Waals surface area contributed by atoms with Crippen molar-refractivity contribution in [2.75, 3.05) is 4.90 Å². The summed E-state index contributed by atoms with van der Waals surface area (Å²) in [7, 11) is 0. The van der Waals surface area contributed by atoms with Crippen LogP contribution >= 0.6 is 11.6 Å². The van der Waals surface area contributed by atoms with Crippen molar-refractivity contribution < 1.29 is 4.79 Å². The number of pyridine rings is 1. The van der Waals surface area contributed by atoms with Crippen molar-refractivity contribution in [2.45, 2.75) is 39.5 Å². The van der Waals surface area contributed by atoms with Gasteiger partial charge >= 0.3 is 0 Å². The highest BCUT2D eigenvalue weighted by atomic mass is 35.5. The van der Waals surface area contributed by atoms with E-state index in [0.717, 1.165) is 22.5 Å². The van der Waals surface area contributed by atoms with E-state index in [0.29, 0.717) is 34.8 Å². The molecular formula is C24H23ClN4O. The number of ketones is 1. The molecule has 0 saturated heterocycles. The number of rotatable bonds is 2. The van der Waals surface area contributed by atoms with E-state index in [1.165, 1.54) is 0 Å². The predicted molar refractivity (Wildman–Crippen MR) is 118 cm³/mol. The van der Waals surface area contributed by atoms with Crippen molar-refractivity contribution in [2.24, 2.45) is 11.1 Å². The normalized spacial score (nSPS) is 20.8. The lowest BCUT2D eigenvalue weighted by atomic mass is 9.68. The van der Waals surface area contributed by atoms with Gasteiger partial charge < -0.3 is 5.73 Å². The van der Waals surface area contributed by atoms with Gasteiger partial charge in [0.15, 0.2) is 5.78 Å². The maximum Gasteiger partial charge on any atom is 0.162 e. The van der Waals surface area contributed by atoms with Crippen LogP contribution in [-0.2, 0) is 4.79 Å². The van der Waals surface area contributed by atoms with Crippen LogP contribution in [0.5, 0.6) is 0 Å². The fourth-order valence-corrected chi connectivity index (χ4v) is 4.67. The zero-order chi connectivity index (χ0) is 21.6. The quantitative estimate of drug-likeness (QED) is 0.743. The number of carbonyl (C=O) groups is 1. The Morgan fingerprint density at radius 2 is 2.03 bits per heavy atom. The summed E-state index contributed by atoms with van der Waals surface area (Å²) in [5.74, 6) is -0.140. The summed E-state index contributed by atoms with van der Waals surface area (Å²) in [4.78, 5) is 19.5. The van der Waals surface area contributed by atoms with Gasteiger partial charge in [-0.1, -0.05) is 37.6 Å². The first-order valence-corrected chi connectivity index (χ1v) is 10.2. The van der Waals surface area contributed by atoms with Gasteiger partial charge in [0, 0.05) is 35.1 Å². The average molecular weight is 419 g/mol. The zero-order valence-corrected chi connectivity index (χ0v) is 18.0. The molecule has 0 bridgehead atoms. The zero-order valence-electron chi connectivity index (χ0n) is 17.2. The van der Waals surface area contributed by atoms with Crippen LogP contribution in [0.2, 0.25) is 5.02 Å². The van der Waals surface area contributed by atoms with Crippen LogP contribution in [0.3, 0.4) is 0 Å². The molecule has 0 fully saturated rings. The molecule has 5 nitrogen and oxygen atoms in total. The number of halogens is 1. The number of nitrogens with two attached hydrogens (primary N) is 1. The van der Waals surface area contributed by atoms with Gasteiger partial charge in [0.1, 0.15) is 5.82 Å². The first-order valence-electron chi connectivity index (χ1n) is 9.86. The largest absolute Gasteiger partial charge is 0.384 e. The molecule has 0 saturated carbocycles. The second-order valence-electron chi connectivity index (χ2n) is 8.65. The van der Waals surface area contributed by atoms with Crippen molar-refractivity contribution in [1.29, 1.82) is 5.26 Å². The number of benzene rings is 1. The van der Waals surface area contributed by atoms with Gasteiger partial charge in [-0.25, -0.2) is 0 Å². The third kappa shape index (κ3) is 3.18. The molecule has 2 aromatic rings. The number of aromatic nitrogens is 1. The fourth-order valence-electron chi connectivity index (χ4n) is 4.50. The third-order valence-electron chi connectivity index (χ3n) is 5.88. The Balaban J connectivity index is 2.04. The number of nitriles is 1. The number of hydrogen-bond acceptors (Lipinski definition) is 5. The lowest BCUT2D eigenvalue weighted by Crippen LogP contribution is -2.42. The minimum Gasteiger partial charge on any atom is -0.384 e. The summed E-state index contributed by atoms with van der Waals surface area (Å²) in [6.45, 7) is 6.08. The molecule has 6 heteroatoms. The summed E-state index contributed by atoms with van der Waals surface area (Å²) in [6.07, 6.45) is 4.46. The van der Waals surface area contributed by atoms with Crippen LogP contribution in [0, 0.1) is 23.7 Å². The maximum absolute atomic E-state index is 13.4.